The molecule has 3 rings (SSSR count). The van der Waals surface area contributed by atoms with Crippen LogP contribution in [0.1, 0.15) is 17.2 Å². The van der Waals surface area contributed by atoms with Gasteiger partial charge >= 0.3 is 10.2 Å². The zero-order valence-electron chi connectivity index (χ0n) is 19.9. The molecule has 0 aliphatic rings. The van der Waals surface area contributed by atoms with E-state index in [0.29, 0.717) is 11.3 Å². The van der Waals surface area contributed by atoms with Crippen molar-refractivity contribution in [1.29, 1.82) is 0 Å². The molecular weight excluding hydrogens is 521 g/mol. The standard InChI is InChI=1S/C25H26FN3O6S2/c1-19-12-14-22(15-13-19)37(34,35)28-18-23(30)29(21-10-6-3-7-11-21)24(20-8-4-2-5-9-20)25(31)27-16-17-36(26,32)33/h2-15,24,28H,16-18H2,1H3,(H,27,31). The van der Waals surface area contributed by atoms with Crippen molar-refractivity contribution >= 4 is 37.7 Å². The Morgan fingerprint density at radius 2 is 1.43 bits per heavy atom. The van der Waals surface area contributed by atoms with Crippen molar-refractivity contribution < 1.29 is 30.3 Å². The highest BCUT2D eigenvalue weighted by molar-refractivity contribution is 7.89. The first-order valence-electron chi connectivity index (χ1n) is 11.2. The monoisotopic (exact) mass is 547 g/mol. The first-order valence-corrected chi connectivity index (χ1v) is 14.2. The van der Waals surface area contributed by atoms with Crippen LogP contribution in [0.15, 0.2) is 89.8 Å². The SMILES string of the molecule is Cc1ccc(S(=O)(=O)NCC(=O)N(c2ccccc2)C(C(=O)NCCS(=O)(=O)F)c2ccccc2)cc1. The maximum Gasteiger partial charge on any atom is 0.304 e. The molecule has 2 N–H and O–H groups in total. The summed E-state index contributed by atoms with van der Waals surface area (Å²) in [6, 6.07) is 21.1. The second kappa shape index (κ2) is 12.1. The largest absolute Gasteiger partial charge is 0.353 e. The molecule has 3 aromatic carbocycles. The van der Waals surface area contributed by atoms with E-state index in [1.54, 1.807) is 72.8 Å². The van der Waals surface area contributed by atoms with Gasteiger partial charge in [0.25, 0.3) is 0 Å². The van der Waals surface area contributed by atoms with Gasteiger partial charge < -0.3 is 5.32 Å². The highest BCUT2D eigenvalue weighted by Crippen LogP contribution is 2.28. The molecule has 1 unspecified atom stereocenters. The van der Waals surface area contributed by atoms with E-state index in [2.05, 4.69) is 10.0 Å². The van der Waals surface area contributed by atoms with Gasteiger partial charge in [0.1, 0.15) is 6.04 Å². The smallest absolute Gasteiger partial charge is 0.304 e. The molecule has 0 bridgehead atoms. The summed E-state index contributed by atoms with van der Waals surface area (Å²) in [7, 11) is -8.86. The number of carbonyl (C=O) groups excluding carboxylic acids is 2. The topological polar surface area (TPSA) is 130 Å². The molecule has 0 aliphatic heterocycles. The average molecular weight is 548 g/mol. The number of carbonyl (C=O) groups is 2. The lowest BCUT2D eigenvalue weighted by atomic mass is 10.0. The number of para-hydroxylation sites is 1. The molecule has 0 saturated carbocycles. The molecule has 0 fully saturated rings. The van der Waals surface area contributed by atoms with Crippen LogP contribution in [-0.4, -0.2) is 47.5 Å². The van der Waals surface area contributed by atoms with E-state index >= 15 is 0 Å². The van der Waals surface area contributed by atoms with Crippen molar-refractivity contribution in [2.75, 3.05) is 23.7 Å². The van der Waals surface area contributed by atoms with Crippen LogP contribution in [0.25, 0.3) is 0 Å². The summed E-state index contributed by atoms with van der Waals surface area (Å²) in [6.45, 7) is 0.626. The molecule has 1 atom stereocenters. The van der Waals surface area contributed by atoms with Gasteiger partial charge in [-0.3, -0.25) is 14.5 Å². The second-order valence-corrected chi connectivity index (χ2v) is 11.3. The van der Waals surface area contributed by atoms with Gasteiger partial charge in [0.05, 0.1) is 17.2 Å². The normalized spacial score (nSPS) is 12.5. The van der Waals surface area contributed by atoms with Crippen LogP contribution in [0.5, 0.6) is 0 Å². The number of anilines is 1. The minimum absolute atomic E-state index is 0.0260. The molecule has 0 aliphatic carbocycles. The lowest BCUT2D eigenvalue weighted by Crippen LogP contribution is -2.48. The summed E-state index contributed by atoms with van der Waals surface area (Å²) < 4.78 is 62.5. The Morgan fingerprint density at radius 3 is 2.00 bits per heavy atom. The Kier molecular flexibility index (Phi) is 9.14. The van der Waals surface area contributed by atoms with Crippen molar-refractivity contribution in [3.05, 3.63) is 96.1 Å². The van der Waals surface area contributed by atoms with Crippen LogP contribution in [0, 0.1) is 6.92 Å². The number of aryl methyl sites for hydroxylation is 1. The molecule has 2 amide bonds. The van der Waals surface area contributed by atoms with E-state index in [9.17, 15) is 30.3 Å². The van der Waals surface area contributed by atoms with Crippen molar-refractivity contribution in [2.45, 2.75) is 17.9 Å². The van der Waals surface area contributed by atoms with E-state index in [0.717, 1.165) is 10.5 Å². The first-order chi connectivity index (χ1) is 17.5. The molecule has 37 heavy (non-hydrogen) atoms. The fraction of sp³-hybridized carbons (Fsp3) is 0.200. The summed E-state index contributed by atoms with van der Waals surface area (Å²) in [5.41, 5.74) is 1.54. The fourth-order valence-electron chi connectivity index (χ4n) is 3.51. The van der Waals surface area contributed by atoms with E-state index in [1.807, 2.05) is 6.92 Å². The Bertz CT molecular complexity index is 1430. The predicted molar refractivity (Wildman–Crippen MR) is 137 cm³/mol. The summed E-state index contributed by atoms with van der Waals surface area (Å²) in [5, 5.41) is 2.36. The molecule has 12 heteroatoms. The van der Waals surface area contributed by atoms with Crippen molar-refractivity contribution in [1.82, 2.24) is 10.0 Å². The van der Waals surface area contributed by atoms with Crippen molar-refractivity contribution in [2.24, 2.45) is 0 Å². The summed E-state index contributed by atoms with van der Waals surface area (Å²) >= 11 is 0. The molecule has 196 valence electrons. The van der Waals surface area contributed by atoms with E-state index in [4.69, 9.17) is 0 Å². The highest BCUT2D eigenvalue weighted by Gasteiger charge is 2.33. The Balaban J connectivity index is 1.94. The maximum atomic E-state index is 13.5. The van der Waals surface area contributed by atoms with Gasteiger partial charge in [-0.25, -0.2) is 13.1 Å². The van der Waals surface area contributed by atoms with Crippen LogP contribution in [0.2, 0.25) is 0 Å². The van der Waals surface area contributed by atoms with Gasteiger partial charge in [-0.1, -0.05) is 66.2 Å². The number of hydrogen-bond acceptors (Lipinski definition) is 6. The van der Waals surface area contributed by atoms with Gasteiger partial charge in [0.2, 0.25) is 21.8 Å². The second-order valence-electron chi connectivity index (χ2n) is 8.08. The molecule has 0 aromatic heterocycles. The van der Waals surface area contributed by atoms with E-state index < -0.39 is 56.9 Å². The van der Waals surface area contributed by atoms with Gasteiger partial charge in [0, 0.05) is 12.2 Å². The molecule has 0 spiro atoms. The van der Waals surface area contributed by atoms with Crippen LogP contribution in [0.3, 0.4) is 0 Å². The molecule has 3 aromatic rings. The lowest BCUT2D eigenvalue weighted by Gasteiger charge is -2.31. The Labute approximate surface area is 215 Å². The fourth-order valence-corrected chi connectivity index (χ4v) is 4.83. The summed E-state index contributed by atoms with van der Waals surface area (Å²) in [5.74, 6) is -2.45. The zero-order valence-corrected chi connectivity index (χ0v) is 21.5. The van der Waals surface area contributed by atoms with Gasteiger partial charge in [0.15, 0.2) is 0 Å². The third-order valence-electron chi connectivity index (χ3n) is 5.31. The zero-order chi connectivity index (χ0) is 27.1. The Hall–Kier alpha value is -3.61. The first kappa shape index (κ1) is 28.0. The number of amides is 2. The van der Waals surface area contributed by atoms with Crippen LogP contribution >= 0.6 is 0 Å². The highest BCUT2D eigenvalue weighted by atomic mass is 32.3. The lowest BCUT2D eigenvalue weighted by molar-refractivity contribution is -0.126. The number of benzene rings is 3. The molecule has 0 radical (unpaired) electrons. The summed E-state index contributed by atoms with van der Waals surface area (Å²) in [4.78, 5) is 27.8. The van der Waals surface area contributed by atoms with Crippen molar-refractivity contribution in [3.8, 4) is 0 Å². The number of hydrogen-bond donors (Lipinski definition) is 2. The van der Waals surface area contributed by atoms with E-state index in [-0.39, 0.29) is 4.90 Å². The number of nitrogens with one attached hydrogen (secondary N) is 2. The van der Waals surface area contributed by atoms with Crippen LogP contribution in [0.4, 0.5) is 9.57 Å². The molecule has 0 saturated heterocycles. The molecule has 0 heterocycles. The third kappa shape index (κ3) is 7.94. The Morgan fingerprint density at radius 1 is 0.865 bits per heavy atom. The molecular formula is C25H26FN3O6S2. The minimum Gasteiger partial charge on any atom is -0.353 e. The van der Waals surface area contributed by atoms with Gasteiger partial charge in [-0.2, -0.15) is 8.42 Å². The van der Waals surface area contributed by atoms with Gasteiger partial charge in [-0.05, 0) is 36.8 Å². The number of nitrogens with zero attached hydrogens (tertiary/aromatic N) is 1. The third-order valence-corrected chi connectivity index (χ3v) is 7.42. The predicted octanol–water partition coefficient (Wildman–Crippen LogP) is 2.46. The summed E-state index contributed by atoms with van der Waals surface area (Å²) in [6.07, 6.45) is 0. The van der Waals surface area contributed by atoms with Gasteiger partial charge in [-0.15, -0.1) is 3.89 Å². The molecule has 9 nitrogen and oxygen atoms in total. The number of sulfonamides is 1. The average Bonchev–Trinajstić information content (AvgIpc) is 2.86. The van der Waals surface area contributed by atoms with Crippen LogP contribution in [-0.2, 0) is 29.8 Å². The number of rotatable bonds is 11. The van der Waals surface area contributed by atoms with Crippen molar-refractivity contribution in [3.63, 3.8) is 0 Å². The minimum atomic E-state index is -4.82. The quantitative estimate of drug-likeness (QED) is 0.355. The van der Waals surface area contributed by atoms with E-state index in [1.165, 1.54) is 12.1 Å². The van der Waals surface area contributed by atoms with Crippen LogP contribution < -0.4 is 14.9 Å². The number of halogens is 1. The maximum absolute atomic E-state index is 13.5.